The van der Waals surface area contributed by atoms with E-state index in [4.69, 9.17) is 16.3 Å². The number of halogens is 2. The smallest absolute Gasteiger partial charge is 0.262 e. The van der Waals surface area contributed by atoms with Crippen molar-refractivity contribution in [3.8, 4) is 5.75 Å². The van der Waals surface area contributed by atoms with Crippen LogP contribution in [0, 0.1) is 3.57 Å². The highest BCUT2D eigenvalue weighted by molar-refractivity contribution is 14.1. The number of piperazine rings is 1. The highest BCUT2D eigenvalue weighted by Gasteiger charge is 2.18. The average molecular weight is 486 g/mol. The summed E-state index contributed by atoms with van der Waals surface area (Å²) in [5.74, 6) is 0.333. The Kier molecular flexibility index (Phi) is 6.20. The first-order valence-electron chi connectivity index (χ1n) is 8.01. The maximum Gasteiger partial charge on any atom is 0.262 e. The minimum absolute atomic E-state index is 0.0301. The first-order valence-corrected chi connectivity index (χ1v) is 9.46. The second kappa shape index (κ2) is 8.59. The topological polar surface area (TPSA) is 70.7 Å². The summed E-state index contributed by atoms with van der Waals surface area (Å²) in [4.78, 5) is 25.5. The minimum atomic E-state index is -0.273. The van der Waals surface area contributed by atoms with E-state index in [1.54, 1.807) is 18.2 Å². The van der Waals surface area contributed by atoms with Gasteiger partial charge in [0.2, 0.25) is 5.91 Å². The summed E-state index contributed by atoms with van der Waals surface area (Å²) in [6.07, 6.45) is 0. The molecular formula is C18H17ClIN3O3. The van der Waals surface area contributed by atoms with Gasteiger partial charge in [0.05, 0.1) is 17.3 Å². The van der Waals surface area contributed by atoms with Gasteiger partial charge in [-0.05, 0) is 65.1 Å². The van der Waals surface area contributed by atoms with E-state index in [1.165, 1.54) is 0 Å². The van der Waals surface area contributed by atoms with Gasteiger partial charge in [-0.3, -0.25) is 9.59 Å². The fraction of sp³-hybridized carbons (Fsp3) is 0.222. The Morgan fingerprint density at radius 3 is 2.73 bits per heavy atom. The third kappa shape index (κ3) is 5.01. The molecule has 0 atom stereocenters. The molecule has 2 amide bonds. The van der Waals surface area contributed by atoms with E-state index in [9.17, 15) is 9.59 Å². The molecule has 6 nitrogen and oxygen atoms in total. The van der Waals surface area contributed by atoms with Crippen molar-refractivity contribution in [3.63, 3.8) is 0 Å². The van der Waals surface area contributed by atoms with Crippen LogP contribution in [0.25, 0.3) is 0 Å². The Balaban J connectivity index is 1.57. The Hall–Kier alpha value is -2.00. The van der Waals surface area contributed by atoms with Crippen LogP contribution >= 0.6 is 34.2 Å². The molecule has 2 N–H and O–H groups in total. The lowest BCUT2D eigenvalue weighted by atomic mass is 10.2. The van der Waals surface area contributed by atoms with Crippen LogP contribution in [0.2, 0.25) is 5.02 Å². The largest absolute Gasteiger partial charge is 0.484 e. The molecule has 0 unspecified atom stereocenters. The van der Waals surface area contributed by atoms with Gasteiger partial charge in [-0.15, -0.1) is 0 Å². The van der Waals surface area contributed by atoms with Gasteiger partial charge in [0, 0.05) is 22.3 Å². The number of ether oxygens (including phenoxy) is 1. The summed E-state index contributed by atoms with van der Waals surface area (Å²) in [5.41, 5.74) is 1.35. The second-order valence-corrected chi connectivity index (χ2v) is 7.38. The molecule has 2 aromatic carbocycles. The number of hydrogen-bond donors (Lipinski definition) is 2. The Morgan fingerprint density at radius 2 is 2.04 bits per heavy atom. The lowest BCUT2D eigenvalue weighted by Gasteiger charge is -2.29. The van der Waals surface area contributed by atoms with Crippen LogP contribution < -0.4 is 20.3 Å². The number of hydrogen-bond acceptors (Lipinski definition) is 4. The van der Waals surface area contributed by atoms with Crippen LogP contribution in [-0.4, -0.2) is 38.1 Å². The van der Waals surface area contributed by atoms with Gasteiger partial charge in [0.25, 0.3) is 5.91 Å². The molecule has 1 aliphatic rings. The first kappa shape index (κ1) is 18.8. The van der Waals surface area contributed by atoms with Crippen LogP contribution in [0.3, 0.4) is 0 Å². The molecule has 0 bridgehead atoms. The number of carbonyl (C=O) groups excluding carboxylic acids is 2. The molecular weight excluding hydrogens is 469 g/mol. The zero-order chi connectivity index (χ0) is 18.5. The summed E-state index contributed by atoms with van der Waals surface area (Å²) < 4.78 is 6.55. The monoisotopic (exact) mass is 485 g/mol. The highest BCUT2D eigenvalue weighted by atomic mass is 127. The molecule has 136 valence electrons. The first-order chi connectivity index (χ1) is 12.5. The molecule has 2 aromatic rings. The molecule has 0 aromatic heterocycles. The normalized spacial score (nSPS) is 13.9. The molecule has 8 heteroatoms. The van der Waals surface area contributed by atoms with Gasteiger partial charge in [-0.25, -0.2) is 0 Å². The van der Waals surface area contributed by atoms with Crippen LogP contribution in [0.1, 0.15) is 0 Å². The molecule has 3 rings (SSSR count). The van der Waals surface area contributed by atoms with Gasteiger partial charge < -0.3 is 20.3 Å². The Morgan fingerprint density at radius 1 is 1.27 bits per heavy atom. The van der Waals surface area contributed by atoms with Crippen molar-refractivity contribution < 1.29 is 14.3 Å². The molecule has 1 heterocycles. The summed E-state index contributed by atoms with van der Waals surface area (Å²) in [6, 6.07) is 12.7. The van der Waals surface area contributed by atoms with E-state index in [0.717, 1.165) is 9.26 Å². The third-order valence-corrected chi connectivity index (χ3v) is 4.82. The van der Waals surface area contributed by atoms with E-state index >= 15 is 0 Å². The van der Waals surface area contributed by atoms with Gasteiger partial charge in [0.15, 0.2) is 6.61 Å². The molecule has 26 heavy (non-hydrogen) atoms. The van der Waals surface area contributed by atoms with E-state index in [1.807, 2.05) is 29.2 Å². The predicted octanol–water partition coefficient (Wildman–Crippen LogP) is 2.90. The molecule has 1 fully saturated rings. The molecule has 1 aliphatic heterocycles. The van der Waals surface area contributed by atoms with Gasteiger partial charge in [0.1, 0.15) is 5.75 Å². The predicted molar refractivity (Wildman–Crippen MR) is 110 cm³/mol. The van der Waals surface area contributed by atoms with Crippen molar-refractivity contribution in [2.45, 2.75) is 0 Å². The Labute approximate surface area is 170 Å². The van der Waals surface area contributed by atoms with Gasteiger partial charge >= 0.3 is 0 Å². The average Bonchev–Trinajstić information content (AvgIpc) is 2.61. The van der Waals surface area contributed by atoms with Crippen molar-refractivity contribution >= 4 is 57.4 Å². The second-order valence-electron chi connectivity index (χ2n) is 5.73. The summed E-state index contributed by atoms with van der Waals surface area (Å²) in [6.45, 7) is 1.46. The number of nitrogens with zero attached hydrogens (tertiary/aromatic N) is 1. The van der Waals surface area contributed by atoms with Crippen molar-refractivity contribution in [3.05, 3.63) is 51.1 Å². The van der Waals surface area contributed by atoms with Gasteiger partial charge in [-0.2, -0.15) is 0 Å². The number of anilines is 2. The maximum absolute atomic E-state index is 12.0. The van der Waals surface area contributed by atoms with Crippen molar-refractivity contribution in [2.75, 3.05) is 36.5 Å². The quantitative estimate of drug-likeness (QED) is 0.639. The van der Waals surface area contributed by atoms with Crippen LogP contribution in [0.15, 0.2) is 42.5 Å². The number of benzene rings is 2. The summed E-state index contributed by atoms with van der Waals surface area (Å²) in [7, 11) is 0. The number of rotatable bonds is 5. The van der Waals surface area contributed by atoms with E-state index in [2.05, 4.69) is 33.2 Å². The molecule has 1 saturated heterocycles. The number of carbonyl (C=O) groups is 2. The lowest BCUT2D eigenvalue weighted by molar-refractivity contribution is -0.120. The zero-order valence-electron chi connectivity index (χ0n) is 13.8. The van der Waals surface area contributed by atoms with Crippen LogP contribution in [0.5, 0.6) is 5.75 Å². The van der Waals surface area contributed by atoms with E-state index in [-0.39, 0.29) is 25.0 Å². The van der Waals surface area contributed by atoms with Crippen LogP contribution in [0.4, 0.5) is 11.4 Å². The van der Waals surface area contributed by atoms with E-state index < -0.39 is 0 Å². The van der Waals surface area contributed by atoms with E-state index in [0.29, 0.717) is 29.5 Å². The highest BCUT2D eigenvalue weighted by Crippen LogP contribution is 2.29. The van der Waals surface area contributed by atoms with Crippen molar-refractivity contribution in [1.82, 2.24) is 5.32 Å². The summed E-state index contributed by atoms with van der Waals surface area (Å²) in [5, 5.41) is 6.01. The molecule has 0 radical (unpaired) electrons. The van der Waals surface area contributed by atoms with Gasteiger partial charge in [-0.1, -0.05) is 11.6 Å². The van der Waals surface area contributed by atoms with Crippen LogP contribution in [-0.2, 0) is 9.59 Å². The number of amides is 2. The fourth-order valence-electron chi connectivity index (χ4n) is 2.56. The fourth-order valence-corrected chi connectivity index (χ4v) is 3.22. The standard InChI is InChI=1S/C18H17ClIN3O3/c19-15-9-13(3-6-16(15)23-8-7-21-17(24)10-23)22-18(25)11-26-14-4-1-12(20)2-5-14/h1-6,9H,7-8,10-11H2,(H,21,24)(H,22,25). The Bertz CT molecular complexity index is 814. The SMILES string of the molecule is O=C1CN(c2ccc(NC(=O)COc3ccc(I)cc3)cc2Cl)CCN1. The zero-order valence-corrected chi connectivity index (χ0v) is 16.7. The molecule has 0 aliphatic carbocycles. The molecule has 0 saturated carbocycles. The van der Waals surface area contributed by atoms with Crippen molar-refractivity contribution in [1.29, 1.82) is 0 Å². The summed E-state index contributed by atoms with van der Waals surface area (Å²) >= 11 is 8.53. The maximum atomic E-state index is 12.0. The molecule has 0 spiro atoms. The number of nitrogens with one attached hydrogen (secondary N) is 2. The minimum Gasteiger partial charge on any atom is -0.484 e. The van der Waals surface area contributed by atoms with Crippen molar-refractivity contribution in [2.24, 2.45) is 0 Å². The third-order valence-electron chi connectivity index (χ3n) is 3.79. The lowest BCUT2D eigenvalue weighted by Crippen LogP contribution is -2.47.